The van der Waals surface area contributed by atoms with Crippen LogP contribution in [0.25, 0.3) is 0 Å². The predicted molar refractivity (Wildman–Crippen MR) is 114 cm³/mol. The van der Waals surface area contributed by atoms with Crippen molar-refractivity contribution in [1.82, 2.24) is 9.80 Å². The molecule has 2 aromatic carbocycles. The van der Waals surface area contributed by atoms with Crippen LogP contribution in [-0.4, -0.2) is 61.1 Å². The van der Waals surface area contributed by atoms with Gasteiger partial charge in [0.2, 0.25) is 0 Å². The Bertz CT molecular complexity index is 923. The fourth-order valence-electron chi connectivity index (χ4n) is 4.05. The summed E-state index contributed by atoms with van der Waals surface area (Å²) in [6.45, 7) is 5.08. The summed E-state index contributed by atoms with van der Waals surface area (Å²) >= 11 is 6.01. The van der Waals surface area contributed by atoms with Crippen LogP contribution in [0.3, 0.4) is 0 Å². The molecule has 1 atom stereocenters. The van der Waals surface area contributed by atoms with Crippen LogP contribution in [0.1, 0.15) is 34.5 Å². The number of carbonyl (C=O) groups excluding carboxylic acids is 2. The van der Waals surface area contributed by atoms with Gasteiger partial charge in [-0.1, -0.05) is 23.7 Å². The lowest BCUT2D eigenvalue weighted by Crippen LogP contribution is -2.51. The van der Waals surface area contributed by atoms with Gasteiger partial charge >= 0.3 is 5.97 Å². The maximum absolute atomic E-state index is 13.0. The first-order chi connectivity index (χ1) is 14.6. The van der Waals surface area contributed by atoms with E-state index >= 15 is 0 Å². The van der Waals surface area contributed by atoms with Gasteiger partial charge in [0, 0.05) is 43.2 Å². The van der Waals surface area contributed by atoms with E-state index in [4.69, 9.17) is 21.1 Å². The Balaban J connectivity index is 1.45. The third-order valence-corrected chi connectivity index (χ3v) is 5.85. The molecule has 0 aliphatic carbocycles. The van der Waals surface area contributed by atoms with Crippen molar-refractivity contribution >= 4 is 23.5 Å². The summed E-state index contributed by atoms with van der Waals surface area (Å²) < 4.78 is 10.8. The van der Waals surface area contributed by atoms with Gasteiger partial charge in [0.1, 0.15) is 11.8 Å². The van der Waals surface area contributed by atoms with Crippen LogP contribution in [0.2, 0.25) is 5.02 Å². The normalized spacial score (nSPS) is 17.2. The van der Waals surface area contributed by atoms with E-state index in [1.165, 1.54) is 0 Å². The lowest BCUT2D eigenvalue weighted by atomic mass is 10.0. The number of benzene rings is 2. The van der Waals surface area contributed by atoms with Gasteiger partial charge in [0.05, 0.1) is 13.2 Å². The second-order valence-electron chi connectivity index (χ2n) is 7.46. The molecule has 7 heteroatoms. The first-order valence-corrected chi connectivity index (χ1v) is 10.7. The Morgan fingerprint density at radius 2 is 1.83 bits per heavy atom. The molecule has 0 radical (unpaired) electrons. The maximum Gasteiger partial charge on any atom is 0.328 e. The lowest BCUT2D eigenvalue weighted by Gasteiger charge is -2.38. The highest BCUT2D eigenvalue weighted by molar-refractivity contribution is 6.30. The van der Waals surface area contributed by atoms with Crippen molar-refractivity contribution in [3.63, 3.8) is 0 Å². The van der Waals surface area contributed by atoms with E-state index in [0.29, 0.717) is 50.0 Å². The molecule has 2 heterocycles. The first kappa shape index (κ1) is 20.7. The van der Waals surface area contributed by atoms with Gasteiger partial charge in [0.15, 0.2) is 0 Å². The largest absolute Gasteiger partial charge is 0.493 e. The zero-order valence-corrected chi connectivity index (χ0v) is 17.7. The molecule has 2 aliphatic heterocycles. The summed E-state index contributed by atoms with van der Waals surface area (Å²) in [4.78, 5) is 29.6. The molecule has 0 saturated carbocycles. The van der Waals surface area contributed by atoms with Gasteiger partial charge in [-0.2, -0.15) is 0 Å². The number of halogens is 1. The number of rotatable bonds is 5. The molecule has 0 spiro atoms. The lowest BCUT2D eigenvalue weighted by molar-refractivity contribution is -0.150. The predicted octanol–water partition coefficient (Wildman–Crippen LogP) is 3.34. The number of amides is 1. The van der Waals surface area contributed by atoms with Crippen LogP contribution in [-0.2, 0) is 16.0 Å². The fourth-order valence-corrected chi connectivity index (χ4v) is 4.17. The smallest absolute Gasteiger partial charge is 0.328 e. The van der Waals surface area contributed by atoms with Crippen molar-refractivity contribution < 1.29 is 19.1 Å². The zero-order chi connectivity index (χ0) is 21.1. The van der Waals surface area contributed by atoms with E-state index in [1.807, 2.05) is 35.2 Å². The van der Waals surface area contributed by atoms with Crippen LogP contribution in [0.4, 0.5) is 0 Å². The van der Waals surface area contributed by atoms with E-state index < -0.39 is 6.04 Å². The van der Waals surface area contributed by atoms with Crippen molar-refractivity contribution in [3.05, 3.63) is 64.2 Å². The molecule has 2 aliphatic rings. The number of piperazine rings is 1. The molecular formula is C23H25ClN2O4. The minimum absolute atomic E-state index is 0.0172. The van der Waals surface area contributed by atoms with Gasteiger partial charge in [-0.15, -0.1) is 0 Å². The Labute approximate surface area is 181 Å². The SMILES string of the molecule is CCOC(=O)[C@H](c1ccc(Cl)cc1)N1CCN(C(=O)c2ccc3c(c2)CCO3)CC1. The summed E-state index contributed by atoms with van der Waals surface area (Å²) in [6, 6.07) is 12.4. The number of nitrogens with zero attached hydrogens (tertiary/aromatic N) is 2. The van der Waals surface area contributed by atoms with Gasteiger partial charge in [0.25, 0.3) is 5.91 Å². The first-order valence-electron chi connectivity index (χ1n) is 10.3. The Morgan fingerprint density at radius 3 is 2.53 bits per heavy atom. The monoisotopic (exact) mass is 428 g/mol. The molecule has 1 fully saturated rings. The van der Waals surface area contributed by atoms with E-state index in [0.717, 1.165) is 23.3 Å². The highest BCUT2D eigenvalue weighted by atomic mass is 35.5. The quantitative estimate of drug-likeness (QED) is 0.683. The molecule has 0 aromatic heterocycles. The summed E-state index contributed by atoms with van der Waals surface area (Å²) in [7, 11) is 0. The van der Waals surface area contributed by atoms with Crippen molar-refractivity contribution in [2.24, 2.45) is 0 Å². The van der Waals surface area contributed by atoms with Gasteiger partial charge in [-0.05, 0) is 48.4 Å². The molecule has 1 amide bonds. The number of fused-ring (bicyclic) bond motifs is 1. The Hall–Kier alpha value is -2.57. The van der Waals surface area contributed by atoms with Crippen LogP contribution in [0.5, 0.6) is 5.75 Å². The number of hydrogen-bond donors (Lipinski definition) is 0. The third kappa shape index (κ3) is 4.30. The highest BCUT2D eigenvalue weighted by Crippen LogP contribution is 2.28. The molecule has 2 aromatic rings. The minimum atomic E-state index is -0.503. The van der Waals surface area contributed by atoms with E-state index in [9.17, 15) is 9.59 Å². The van der Waals surface area contributed by atoms with Gasteiger partial charge < -0.3 is 14.4 Å². The van der Waals surface area contributed by atoms with E-state index in [-0.39, 0.29) is 11.9 Å². The van der Waals surface area contributed by atoms with E-state index in [2.05, 4.69) is 4.90 Å². The van der Waals surface area contributed by atoms with Gasteiger partial charge in [-0.3, -0.25) is 9.69 Å². The minimum Gasteiger partial charge on any atom is -0.493 e. The average Bonchev–Trinajstić information content (AvgIpc) is 3.23. The average molecular weight is 429 g/mol. The maximum atomic E-state index is 13.0. The number of esters is 1. The van der Waals surface area contributed by atoms with E-state index in [1.54, 1.807) is 19.1 Å². The molecule has 158 valence electrons. The van der Waals surface area contributed by atoms with Crippen molar-refractivity contribution in [3.8, 4) is 5.75 Å². The Morgan fingerprint density at radius 1 is 1.10 bits per heavy atom. The molecule has 6 nitrogen and oxygen atoms in total. The molecule has 1 saturated heterocycles. The van der Waals surface area contributed by atoms with Crippen LogP contribution in [0, 0.1) is 0 Å². The van der Waals surface area contributed by atoms with Crippen molar-refractivity contribution in [2.75, 3.05) is 39.4 Å². The van der Waals surface area contributed by atoms with Crippen LogP contribution in [0.15, 0.2) is 42.5 Å². The third-order valence-electron chi connectivity index (χ3n) is 5.60. The standard InChI is InChI=1S/C23H25ClN2O4/c1-2-29-23(28)21(16-3-6-19(24)7-4-16)25-10-12-26(13-11-25)22(27)18-5-8-20-17(15-18)9-14-30-20/h3-8,15,21H,2,9-14H2,1H3/t21-/m0/s1. The number of carbonyl (C=O) groups is 2. The summed E-state index contributed by atoms with van der Waals surface area (Å²) in [6.07, 6.45) is 0.840. The molecule has 4 rings (SSSR count). The summed E-state index contributed by atoms with van der Waals surface area (Å²) in [5, 5.41) is 0.622. The second kappa shape index (κ2) is 9.06. The zero-order valence-electron chi connectivity index (χ0n) is 17.0. The molecule has 0 unspecified atom stereocenters. The molecule has 0 N–H and O–H groups in total. The number of ether oxygens (including phenoxy) is 2. The van der Waals surface area contributed by atoms with Crippen LogP contribution < -0.4 is 4.74 Å². The number of hydrogen-bond acceptors (Lipinski definition) is 5. The van der Waals surface area contributed by atoms with Crippen molar-refractivity contribution in [2.45, 2.75) is 19.4 Å². The highest BCUT2D eigenvalue weighted by Gasteiger charge is 2.33. The molecule has 30 heavy (non-hydrogen) atoms. The summed E-state index contributed by atoms with van der Waals surface area (Å²) in [5.74, 6) is 0.610. The molecular weight excluding hydrogens is 404 g/mol. The van der Waals surface area contributed by atoms with Crippen LogP contribution >= 0.6 is 11.6 Å². The summed E-state index contributed by atoms with van der Waals surface area (Å²) in [5.41, 5.74) is 2.62. The van der Waals surface area contributed by atoms with Gasteiger partial charge in [-0.25, -0.2) is 4.79 Å². The fraction of sp³-hybridized carbons (Fsp3) is 0.391. The topological polar surface area (TPSA) is 59.1 Å². The van der Waals surface area contributed by atoms with Crippen molar-refractivity contribution in [1.29, 1.82) is 0 Å². The molecule has 0 bridgehead atoms. The second-order valence-corrected chi connectivity index (χ2v) is 7.89. The Kier molecular flexibility index (Phi) is 6.25.